The molecule has 5 nitrogen and oxygen atoms in total. The van der Waals surface area contributed by atoms with E-state index in [9.17, 15) is 0 Å². The van der Waals surface area contributed by atoms with Crippen LogP contribution in [-0.2, 0) is 4.74 Å². The number of nitrogens with two attached hydrogens (primary N) is 1. The third-order valence-electron chi connectivity index (χ3n) is 2.59. The molecule has 1 aromatic rings. The maximum Gasteiger partial charge on any atom is 0.210 e. The van der Waals surface area contributed by atoms with Gasteiger partial charge in [-0.15, -0.1) is 0 Å². The third kappa shape index (κ3) is 4.81. The van der Waals surface area contributed by atoms with Crippen molar-refractivity contribution < 1.29 is 4.74 Å². The van der Waals surface area contributed by atoms with Crippen LogP contribution in [0, 0.1) is 13.8 Å². The van der Waals surface area contributed by atoms with Crippen molar-refractivity contribution in [3.05, 3.63) is 27.7 Å². The van der Waals surface area contributed by atoms with Gasteiger partial charge < -0.3 is 10.1 Å². The van der Waals surface area contributed by atoms with Gasteiger partial charge in [-0.05, 0) is 44.0 Å². The van der Waals surface area contributed by atoms with Crippen LogP contribution in [0.25, 0.3) is 0 Å². The zero-order valence-corrected chi connectivity index (χ0v) is 13.3. The maximum atomic E-state index is 5.48. The standard InChI is InChI=1S/C13H21BrN4O/c1-8-5-11(6-9(2)12(8)14)17-13(18-15)16-10(3)7-19-4/h5-6,10H,7,15H2,1-4H3,(H2,16,17,18). The molecular formula is C13H21BrN4O. The molecule has 4 N–H and O–H groups in total. The summed E-state index contributed by atoms with van der Waals surface area (Å²) in [5, 5.41) is 3.16. The summed E-state index contributed by atoms with van der Waals surface area (Å²) in [5.74, 6) is 6.00. The van der Waals surface area contributed by atoms with E-state index < -0.39 is 0 Å². The topological polar surface area (TPSA) is 71.7 Å². The largest absolute Gasteiger partial charge is 0.382 e. The van der Waals surface area contributed by atoms with Crippen molar-refractivity contribution in [1.29, 1.82) is 0 Å². The Morgan fingerprint density at radius 3 is 2.47 bits per heavy atom. The zero-order valence-electron chi connectivity index (χ0n) is 11.7. The number of nitrogens with one attached hydrogen (secondary N) is 2. The van der Waals surface area contributed by atoms with E-state index in [1.807, 2.05) is 32.9 Å². The van der Waals surface area contributed by atoms with Gasteiger partial charge in [0.05, 0.1) is 12.6 Å². The van der Waals surface area contributed by atoms with E-state index >= 15 is 0 Å². The second kappa shape index (κ2) is 7.47. The average Bonchev–Trinajstić information content (AvgIpc) is 2.35. The molecule has 0 spiro atoms. The lowest BCUT2D eigenvalue weighted by molar-refractivity contribution is 0.185. The molecule has 0 amide bonds. The number of halogens is 1. The number of rotatable bonds is 4. The Hall–Kier alpha value is -1.11. The molecule has 19 heavy (non-hydrogen) atoms. The predicted octanol–water partition coefficient (Wildman–Crippen LogP) is 2.33. The van der Waals surface area contributed by atoms with Crippen molar-refractivity contribution in [2.75, 3.05) is 19.0 Å². The lowest BCUT2D eigenvalue weighted by Gasteiger charge is -2.14. The first-order valence-electron chi connectivity index (χ1n) is 6.05. The Morgan fingerprint density at radius 2 is 2.00 bits per heavy atom. The summed E-state index contributed by atoms with van der Waals surface area (Å²) in [7, 11) is 1.65. The van der Waals surface area contributed by atoms with Gasteiger partial charge in [-0.1, -0.05) is 15.9 Å². The van der Waals surface area contributed by atoms with Crippen LogP contribution in [0.1, 0.15) is 18.1 Å². The van der Waals surface area contributed by atoms with Crippen LogP contribution in [0.5, 0.6) is 0 Å². The van der Waals surface area contributed by atoms with Gasteiger partial charge in [-0.3, -0.25) is 5.43 Å². The number of aryl methyl sites for hydroxylation is 2. The molecule has 0 radical (unpaired) electrons. The van der Waals surface area contributed by atoms with Crippen molar-refractivity contribution in [3.8, 4) is 0 Å². The molecule has 0 saturated heterocycles. The molecule has 6 heteroatoms. The number of hydrogen-bond acceptors (Lipinski definition) is 3. The molecule has 0 saturated carbocycles. The van der Waals surface area contributed by atoms with Gasteiger partial charge in [-0.2, -0.15) is 0 Å². The Labute approximate surface area is 122 Å². The number of guanidine groups is 1. The molecular weight excluding hydrogens is 308 g/mol. The summed E-state index contributed by atoms with van der Waals surface area (Å²) >= 11 is 3.54. The molecule has 0 aliphatic heterocycles. The lowest BCUT2D eigenvalue weighted by Crippen LogP contribution is -2.37. The van der Waals surface area contributed by atoms with Crippen molar-refractivity contribution in [2.24, 2.45) is 10.8 Å². The van der Waals surface area contributed by atoms with Crippen molar-refractivity contribution in [2.45, 2.75) is 26.8 Å². The Morgan fingerprint density at radius 1 is 1.42 bits per heavy atom. The molecule has 0 fully saturated rings. The summed E-state index contributed by atoms with van der Waals surface area (Å²) in [6.07, 6.45) is 0. The monoisotopic (exact) mass is 328 g/mol. The fourth-order valence-electron chi connectivity index (χ4n) is 1.76. The number of aliphatic imine (C=N–C) groups is 1. The SMILES string of the molecule is COCC(C)N=C(NN)Nc1cc(C)c(Br)c(C)c1. The molecule has 1 rings (SSSR count). The smallest absolute Gasteiger partial charge is 0.210 e. The highest BCUT2D eigenvalue weighted by Crippen LogP contribution is 2.24. The first kappa shape index (κ1) is 15.9. The third-order valence-corrected chi connectivity index (χ3v) is 3.84. The minimum atomic E-state index is 0.0289. The normalized spacial score (nSPS) is 13.3. The maximum absolute atomic E-state index is 5.48. The van der Waals surface area contributed by atoms with Gasteiger partial charge in [0.2, 0.25) is 5.96 Å². The fraction of sp³-hybridized carbons (Fsp3) is 0.462. The minimum absolute atomic E-state index is 0.0289. The van der Waals surface area contributed by atoms with Crippen molar-refractivity contribution in [3.63, 3.8) is 0 Å². The minimum Gasteiger partial charge on any atom is -0.382 e. The Balaban J connectivity index is 2.87. The van der Waals surface area contributed by atoms with Crippen LogP contribution in [0.15, 0.2) is 21.6 Å². The number of hydrazine groups is 1. The number of ether oxygens (including phenoxy) is 1. The number of methoxy groups -OCH3 is 1. The van der Waals surface area contributed by atoms with Crippen LogP contribution in [0.2, 0.25) is 0 Å². The summed E-state index contributed by atoms with van der Waals surface area (Å²) < 4.78 is 6.16. The number of hydrogen-bond donors (Lipinski definition) is 3. The van der Waals surface area contributed by atoms with Gasteiger partial charge in [-0.25, -0.2) is 10.8 Å². The van der Waals surface area contributed by atoms with Crippen LogP contribution in [0.4, 0.5) is 5.69 Å². The Bertz CT molecular complexity index is 439. The van der Waals surface area contributed by atoms with Gasteiger partial charge >= 0.3 is 0 Å². The first-order chi connectivity index (χ1) is 8.97. The highest BCUT2D eigenvalue weighted by Gasteiger charge is 2.06. The molecule has 1 atom stereocenters. The fourth-order valence-corrected chi connectivity index (χ4v) is 1.99. The van der Waals surface area contributed by atoms with E-state index in [1.54, 1.807) is 7.11 Å². The van der Waals surface area contributed by atoms with Gasteiger partial charge in [0.25, 0.3) is 0 Å². The quantitative estimate of drug-likeness (QED) is 0.343. The van der Waals surface area contributed by atoms with E-state index in [-0.39, 0.29) is 6.04 Å². The molecule has 0 heterocycles. The molecule has 0 aliphatic carbocycles. The van der Waals surface area contributed by atoms with Crippen molar-refractivity contribution >= 4 is 27.6 Å². The van der Waals surface area contributed by atoms with E-state index in [4.69, 9.17) is 10.6 Å². The zero-order chi connectivity index (χ0) is 14.4. The predicted molar refractivity (Wildman–Crippen MR) is 83.3 cm³/mol. The number of benzene rings is 1. The summed E-state index contributed by atoms with van der Waals surface area (Å²) in [5.41, 5.74) is 5.82. The van der Waals surface area contributed by atoms with Crippen LogP contribution in [0.3, 0.4) is 0 Å². The van der Waals surface area contributed by atoms with Gasteiger partial charge in [0, 0.05) is 17.3 Å². The number of nitrogens with zero attached hydrogens (tertiary/aromatic N) is 1. The molecule has 1 aromatic carbocycles. The van der Waals surface area contributed by atoms with E-state index in [0.717, 1.165) is 21.3 Å². The van der Waals surface area contributed by atoms with E-state index in [1.165, 1.54) is 0 Å². The highest BCUT2D eigenvalue weighted by molar-refractivity contribution is 9.10. The number of anilines is 1. The van der Waals surface area contributed by atoms with E-state index in [2.05, 4.69) is 31.7 Å². The lowest BCUT2D eigenvalue weighted by atomic mass is 10.1. The van der Waals surface area contributed by atoms with Gasteiger partial charge in [0.1, 0.15) is 0 Å². The molecule has 0 aliphatic rings. The van der Waals surface area contributed by atoms with E-state index in [0.29, 0.717) is 12.6 Å². The van der Waals surface area contributed by atoms with Gasteiger partial charge in [0.15, 0.2) is 0 Å². The summed E-state index contributed by atoms with van der Waals surface area (Å²) in [4.78, 5) is 4.39. The van der Waals surface area contributed by atoms with Crippen LogP contribution < -0.4 is 16.6 Å². The summed E-state index contributed by atoms with van der Waals surface area (Å²) in [6, 6.07) is 4.09. The molecule has 106 valence electrons. The Kier molecular flexibility index (Phi) is 6.27. The second-order valence-corrected chi connectivity index (χ2v) is 5.27. The van der Waals surface area contributed by atoms with Crippen LogP contribution >= 0.6 is 15.9 Å². The molecule has 1 unspecified atom stereocenters. The second-order valence-electron chi connectivity index (χ2n) is 4.48. The van der Waals surface area contributed by atoms with Crippen molar-refractivity contribution in [1.82, 2.24) is 5.43 Å². The van der Waals surface area contributed by atoms with Crippen LogP contribution in [-0.4, -0.2) is 25.7 Å². The molecule has 0 bridgehead atoms. The molecule has 0 aromatic heterocycles. The first-order valence-corrected chi connectivity index (χ1v) is 6.84. The highest BCUT2D eigenvalue weighted by atomic mass is 79.9. The summed E-state index contributed by atoms with van der Waals surface area (Å²) in [6.45, 7) is 6.59. The average molecular weight is 329 g/mol.